The summed E-state index contributed by atoms with van der Waals surface area (Å²) in [6, 6.07) is 0. The molecule has 0 fully saturated rings. The van der Waals surface area contributed by atoms with Crippen LogP contribution in [0.2, 0.25) is 0 Å². The largest absolute Gasteiger partial charge is 1.00 e. The summed E-state index contributed by atoms with van der Waals surface area (Å²) in [5, 5.41) is 0. The molecule has 0 aliphatic heterocycles. The van der Waals surface area contributed by atoms with Crippen molar-refractivity contribution in [3.8, 4) is 0 Å². The van der Waals surface area contributed by atoms with Crippen LogP contribution in [0.15, 0.2) is 0 Å². The molecule has 0 unspecified atom stereocenters. The third-order valence-electron chi connectivity index (χ3n) is 0.548. The van der Waals surface area contributed by atoms with E-state index in [0.29, 0.717) is 0 Å². The Hall–Kier alpha value is 1.60. The van der Waals surface area contributed by atoms with Crippen LogP contribution >= 0.6 is 0 Å². The Labute approximate surface area is 88.9 Å². The van der Waals surface area contributed by atoms with Gasteiger partial charge in [0.15, 0.2) is 0 Å². The van der Waals surface area contributed by atoms with Gasteiger partial charge in [-0.25, -0.2) is 0 Å². The zero-order chi connectivity index (χ0) is 4.99. The number of hydrogen-bond acceptors (Lipinski definition) is 1. The summed E-state index contributed by atoms with van der Waals surface area (Å²) >= 11 is 0. The van der Waals surface area contributed by atoms with E-state index in [-0.39, 0.29) is 51.4 Å². The topological polar surface area (TPSA) is 3.24 Å². The van der Waals surface area contributed by atoms with E-state index in [1.807, 2.05) is 0 Å². The van der Waals surface area contributed by atoms with Gasteiger partial charge in [-0.05, 0) is 14.1 Å². The van der Waals surface area contributed by atoms with Gasteiger partial charge in [-0.1, -0.05) is 0 Å². The first kappa shape index (κ1) is 11.4. The predicted octanol–water partition coefficient (Wildman–Crippen LogP) is -2.22. The minimum absolute atomic E-state index is 0. The van der Waals surface area contributed by atoms with Gasteiger partial charge >= 0.3 is 51.4 Å². The molecule has 0 aromatic heterocycles. The molecule has 0 heterocycles. The summed E-state index contributed by atoms with van der Waals surface area (Å²) in [4.78, 5) is 2.12. The second-order valence-corrected chi connectivity index (χ2v) is 1.67. The zero-order valence-electron chi connectivity index (χ0n) is 5.73. The van der Waals surface area contributed by atoms with Gasteiger partial charge in [0.1, 0.15) is 0 Å². The summed E-state index contributed by atoms with van der Waals surface area (Å²) in [7, 11) is 4.11. The predicted molar refractivity (Wildman–Crippen MR) is 28.5 cm³/mol. The van der Waals surface area contributed by atoms with Crippen molar-refractivity contribution in [3.05, 3.63) is 6.42 Å². The van der Waals surface area contributed by atoms with E-state index >= 15 is 0 Å². The summed E-state index contributed by atoms with van der Waals surface area (Å²) in [5.41, 5.74) is 0. The SMILES string of the molecule is C[CH-]CN(C)C.[K+]. The van der Waals surface area contributed by atoms with E-state index in [1.165, 1.54) is 0 Å². The van der Waals surface area contributed by atoms with Crippen molar-refractivity contribution in [2.75, 3.05) is 20.6 Å². The second-order valence-electron chi connectivity index (χ2n) is 1.67. The molecular formula is C5H12KN. The molecule has 0 bridgehead atoms. The molecule has 38 valence electrons. The van der Waals surface area contributed by atoms with Gasteiger partial charge in [-0.15, -0.1) is 6.54 Å². The normalized spacial score (nSPS) is 8.57. The molecule has 0 N–H and O–H groups in total. The molecule has 0 rings (SSSR count). The molecular weight excluding hydrogens is 113 g/mol. The van der Waals surface area contributed by atoms with Gasteiger partial charge in [0.25, 0.3) is 0 Å². The number of nitrogens with zero attached hydrogens (tertiary/aromatic N) is 1. The second kappa shape index (κ2) is 7.60. The van der Waals surface area contributed by atoms with E-state index in [1.54, 1.807) is 0 Å². The number of rotatable bonds is 2. The van der Waals surface area contributed by atoms with Crippen LogP contribution in [-0.4, -0.2) is 25.5 Å². The first-order valence-corrected chi connectivity index (χ1v) is 2.20. The van der Waals surface area contributed by atoms with E-state index in [2.05, 4.69) is 32.3 Å². The van der Waals surface area contributed by atoms with Crippen molar-refractivity contribution in [2.24, 2.45) is 0 Å². The molecule has 0 spiro atoms. The Balaban J connectivity index is 0. The first-order valence-electron chi connectivity index (χ1n) is 2.20. The first-order chi connectivity index (χ1) is 2.77. The van der Waals surface area contributed by atoms with Crippen LogP contribution in [-0.2, 0) is 0 Å². The van der Waals surface area contributed by atoms with Crippen molar-refractivity contribution in [1.29, 1.82) is 0 Å². The van der Waals surface area contributed by atoms with Crippen LogP contribution in [0.1, 0.15) is 6.92 Å². The van der Waals surface area contributed by atoms with Crippen molar-refractivity contribution >= 4 is 0 Å². The standard InChI is InChI=1S/C5H12N.K/c1-4-5-6(2)3;/h4H,5H2,1-3H3;/q-1;+1. The molecule has 0 aliphatic rings. The van der Waals surface area contributed by atoms with Gasteiger partial charge in [-0.3, -0.25) is 0 Å². The quantitative estimate of drug-likeness (QED) is 0.298. The Morgan fingerprint density at radius 2 is 1.86 bits per heavy atom. The van der Waals surface area contributed by atoms with E-state index in [0.717, 1.165) is 6.54 Å². The molecule has 0 aromatic rings. The summed E-state index contributed by atoms with van der Waals surface area (Å²) in [6.07, 6.45) is 2.12. The third-order valence-corrected chi connectivity index (χ3v) is 0.548. The van der Waals surface area contributed by atoms with Crippen molar-refractivity contribution in [2.45, 2.75) is 6.92 Å². The molecule has 0 aromatic carbocycles. The van der Waals surface area contributed by atoms with Gasteiger partial charge in [0, 0.05) is 0 Å². The minimum Gasteiger partial charge on any atom is -0.339 e. The van der Waals surface area contributed by atoms with Gasteiger partial charge in [0.2, 0.25) is 0 Å². The maximum atomic E-state index is 2.12. The van der Waals surface area contributed by atoms with Crippen LogP contribution in [0.25, 0.3) is 0 Å². The van der Waals surface area contributed by atoms with Crippen LogP contribution in [0, 0.1) is 6.42 Å². The molecule has 0 atom stereocenters. The summed E-state index contributed by atoms with van der Waals surface area (Å²) in [6.45, 7) is 3.14. The van der Waals surface area contributed by atoms with E-state index < -0.39 is 0 Å². The Bertz CT molecular complexity index is 29.3. The summed E-state index contributed by atoms with van der Waals surface area (Å²) < 4.78 is 0. The van der Waals surface area contributed by atoms with Gasteiger partial charge in [0.05, 0.1) is 0 Å². The average molecular weight is 125 g/mol. The van der Waals surface area contributed by atoms with Crippen LogP contribution in [0.5, 0.6) is 0 Å². The molecule has 0 amide bonds. The fraction of sp³-hybridized carbons (Fsp3) is 0.800. The van der Waals surface area contributed by atoms with Crippen molar-refractivity contribution in [1.82, 2.24) is 4.90 Å². The van der Waals surface area contributed by atoms with Crippen LogP contribution in [0.3, 0.4) is 0 Å². The smallest absolute Gasteiger partial charge is 0.339 e. The van der Waals surface area contributed by atoms with Gasteiger partial charge in [-0.2, -0.15) is 6.92 Å². The molecule has 7 heavy (non-hydrogen) atoms. The van der Waals surface area contributed by atoms with Gasteiger partial charge < -0.3 is 11.3 Å². The van der Waals surface area contributed by atoms with Crippen LogP contribution < -0.4 is 51.4 Å². The Morgan fingerprint density at radius 3 is 1.86 bits per heavy atom. The fourth-order valence-corrected chi connectivity index (χ4v) is 0.365. The van der Waals surface area contributed by atoms with Crippen molar-refractivity contribution < 1.29 is 51.4 Å². The molecule has 0 saturated carbocycles. The maximum Gasteiger partial charge on any atom is 1.00 e. The molecule has 0 saturated heterocycles. The third kappa shape index (κ3) is 11.3. The fourth-order valence-electron chi connectivity index (χ4n) is 0.365. The van der Waals surface area contributed by atoms with E-state index in [4.69, 9.17) is 0 Å². The molecule has 0 radical (unpaired) electrons. The monoisotopic (exact) mass is 125 g/mol. The minimum atomic E-state index is 0. The zero-order valence-corrected chi connectivity index (χ0v) is 8.85. The van der Waals surface area contributed by atoms with E-state index in [9.17, 15) is 0 Å². The average Bonchev–Trinajstić information content (AvgIpc) is 1.35. The molecule has 1 nitrogen and oxygen atoms in total. The molecule has 0 aliphatic carbocycles. The molecule has 2 heteroatoms. The Kier molecular flexibility index (Phi) is 12.4. The van der Waals surface area contributed by atoms with Crippen molar-refractivity contribution in [3.63, 3.8) is 0 Å². The number of hydrogen-bond donors (Lipinski definition) is 0. The maximum absolute atomic E-state index is 2.12. The van der Waals surface area contributed by atoms with Crippen LogP contribution in [0.4, 0.5) is 0 Å². The summed E-state index contributed by atoms with van der Waals surface area (Å²) in [5.74, 6) is 0. The Morgan fingerprint density at radius 1 is 1.43 bits per heavy atom.